The summed E-state index contributed by atoms with van der Waals surface area (Å²) in [6, 6.07) is -0.285. The van der Waals surface area contributed by atoms with Gasteiger partial charge in [-0.1, -0.05) is 6.42 Å². The van der Waals surface area contributed by atoms with Gasteiger partial charge in [0.1, 0.15) is 6.04 Å². The molecule has 1 saturated heterocycles. The molecule has 1 fully saturated rings. The third-order valence-corrected chi connectivity index (χ3v) is 3.46. The lowest BCUT2D eigenvalue weighted by Crippen LogP contribution is -2.37. The molecule has 100 valence electrons. The van der Waals surface area contributed by atoms with E-state index in [0.717, 1.165) is 31.5 Å². The monoisotopic (exact) mass is 251 g/mol. The molecule has 0 spiro atoms. The molecule has 1 N–H and O–H groups in total. The molecular weight excluding hydrogens is 230 g/mol. The third-order valence-electron chi connectivity index (χ3n) is 3.46. The van der Waals surface area contributed by atoms with E-state index in [9.17, 15) is 9.90 Å². The molecule has 0 saturated carbocycles. The molecule has 1 aliphatic rings. The maximum Gasteiger partial charge on any atom is 0.325 e. The van der Waals surface area contributed by atoms with Crippen molar-refractivity contribution < 1.29 is 9.90 Å². The number of carboxylic acids is 1. The van der Waals surface area contributed by atoms with Crippen molar-refractivity contribution >= 4 is 5.97 Å². The molecule has 0 amide bonds. The van der Waals surface area contributed by atoms with Crippen molar-refractivity contribution in [2.24, 2.45) is 0 Å². The quantitative estimate of drug-likeness (QED) is 0.890. The van der Waals surface area contributed by atoms with Crippen LogP contribution < -0.4 is 0 Å². The second kappa shape index (κ2) is 5.52. The largest absolute Gasteiger partial charge is 0.480 e. The van der Waals surface area contributed by atoms with Crippen LogP contribution in [0.2, 0.25) is 0 Å². The Morgan fingerprint density at radius 3 is 2.50 bits per heavy atom. The van der Waals surface area contributed by atoms with Crippen LogP contribution in [0.3, 0.4) is 0 Å². The Morgan fingerprint density at radius 1 is 1.33 bits per heavy atom. The van der Waals surface area contributed by atoms with Gasteiger partial charge in [0, 0.05) is 17.8 Å². The highest BCUT2D eigenvalue weighted by Gasteiger charge is 2.29. The van der Waals surface area contributed by atoms with E-state index in [1.807, 2.05) is 29.6 Å². The number of piperidine rings is 1. The van der Waals surface area contributed by atoms with E-state index in [4.69, 9.17) is 0 Å². The summed E-state index contributed by atoms with van der Waals surface area (Å²) in [5.41, 5.74) is 0.790. The zero-order valence-corrected chi connectivity index (χ0v) is 11.0. The molecule has 1 aromatic rings. The van der Waals surface area contributed by atoms with Gasteiger partial charge in [-0.05, 0) is 39.8 Å². The van der Waals surface area contributed by atoms with Crippen molar-refractivity contribution in [1.82, 2.24) is 14.7 Å². The summed E-state index contributed by atoms with van der Waals surface area (Å²) in [6.45, 7) is 5.80. The predicted molar refractivity (Wildman–Crippen MR) is 68.4 cm³/mol. The topological polar surface area (TPSA) is 58.4 Å². The van der Waals surface area contributed by atoms with Gasteiger partial charge in [0.2, 0.25) is 0 Å². The summed E-state index contributed by atoms with van der Waals surface area (Å²) in [5.74, 6) is -0.778. The summed E-state index contributed by atoms with van der Waals surface area (Å²) in [4.78, 5) is 13.5. The zero-order valence-electron chi connectivity index (χ0n) is 11.0. The van der Waals surface area contributed by atoms with Crippen LogP contribution in [0.4, 0.5) is 0 Å². The van der Waals surface area contributed by atoms with Crippen LogP contribution in [0, 0.1) is 0 Å². The zero-order chi connectivity index (χ0) is 13.1. The van der Waals surface area contributed by atoms with Crippen LogP contribution >= 0.6 is 0 Å². The van der Waals surface area contributed by atoms with E-state index < -0.39 is 12.0 Å². The molecule has 2 heterocycles. The van der Waals surface area contributed by atoms with Gasteiger partial charge in [0.05, 0.1) is 6.20 Å². The first-order valence-corrected chi connectivity index (χ1v) is 6.60. The number of carbonyl (C=O) groups is 1. The number of rotatable bonds is 4. The maximum absolute atomic E-state index is 11.5. The van der Waals surface area contributed by atoms with Gasteiger partial charge < -0.3 is 5.11 Å². The van der Waals surface area contributed by atoms with E-state index in [1.54, 1.807) is 6.20 Å². The summed E-state index contributed by atoms with van der Waals surface area (Å²) >= 11 is 0. The minimum atomic E-state index is -0.778. The molecule has 0 aromatic carbocycles. The number of aliphatic carboxylic acids is 1. The van der Waals surface area contributed by atoms with E-state index in [0.29, 0.717) is 0 Å². The number of hydrogen-bond donors (Lipinski definition) is 1. The van der Waals surface area contributed by atoms with Crippen molar-refractivity contribution in [3.8, 4) is 0 Å². The molecular formula is C13H21N3O2. The van der Waals surface area contributed by atoms with Crippen LogP contribution in [0.5, 0.6) is 0 Å². The Bertz CT molecular complexity index is 408. The smallest absolute Gasteiger partial charge is 0.325 e. The lowest BCUT2D eigenvalue weighted by Gasteiger charge is -2.31. The average Bonchev–Trinajstić information content (AvgIpc) is 2.79. The number of nitrogens with zero attached hydrogens (tertiary/aromatic N) is 3. The normalized spacial score (nSPS) is 19.1. The highest BCUT2D eigenvalue weighted by atomic mass is 16.4. The molecule has 2 rings (SSSR count). The van der Waals surface area contributed by atoms with Crippen molar-refractivity contribution in [2.75, 3.05) is 13.1 Å². The van der Waals surface area contributed by atoms with E-state index in [2.05, 4.69) is 5.10 Å². The van der Waals surface area contributed by atoms with Crippen LogP contribution in [0.25, 0.3) is 0 Å². The number of aromatic nitrogens is 2. The molecule has 5 heteroatoms. The fourth-order valence-electron chi connectivity index (χ4n) is 2.46. The van der Waals surface area contributed by atoms with Crippen molar-refractivity contribution in [2.45, 2.75) is 45.2 Å². The molecule has 0 aliphatic carbocycles. The Balaban J connectivity index is 2.20. The second-order valence-corrected chi connectivity index (χ2v) is 5.18. The fraction of sp³-hybridized carbons (Fsp3) is 0.692. The fourth-order valence-corrected chi connectivity index (χ4v) is 2.46. The Hall–Kier alpha value is -1.36. The van der Waals surface area contributed by atoms with Gasteiger partial charge in [-0.15, -0.1) is 0 Å². The van der Waals surface area contributed by atoms with Gasteiger partial charge in [-0.2, -0.15) is 5.10 Å². The molecule has 18 heavy (non-hydrogen) atoms. The average molecular weight is 251 g/mol. The maximum atomic E-state index is 11.5. The molecule has 1 unspecified atom stereocenters. The Morgan fingerprint density at radius 2 is 2.00 bits per heavy atom. The number of hydrogen-bond acceptors (Lipinski definition) is 3. The van der Waals surface area contributed by atoms with Crippen LogP contribution in [-0.4, -0.2) is 38.8 Å². The van der Waals surface area contributed by atoms with Crippen LogP contribution in [0.1, 0.15) is 50.8 Å². The summed E-state index contributed by atoms with van der Waals surface area (Å²) in [6.07, 6.45) is 6.92. The minimum Gasteiger partial charge on any atom is -0.480 e. The highest BCUT2D eigenvalue weighted by molar-refractivity contribution is 5.75. The van der Waals surface area contributed by atoms with Crippen LogP contribution in [0.15, 0.2) is 12.4 Å². The Kier molecular flexibility index (Phi) is 4.01. The summed E-state index contributed by atoms with van der Waals surface area (Å²) < 4.78 is 1.81. The van der Waals surface area contributed by atoms with Gasteiger partial charge >= 0.3 is 5.97 Å². The summed E-state index contributed by atoms with van der Waals surface area (Å²) in [7, 11) is 0. The first kappa shape index (κ1) is 13.1. The molecule has 1 aromatic heterocycles. The highest BCUT2D eigenvalue weighted by Crippen LogP contribution is 2.25. The first-order valence-electron chi connectivity index (χ1n) is 6.60. The first-order chi connectivity index (χ1) is 8.59. The lowest BCUT2D eigenvalue weighted by atomic mass is 10.0. The van der Waals surface area contributed by atoms with Crippen LogP contribution in [-0.2, 0) is 4.79 Å². The lowest BCUT2D eigenvalue weighted by molar-refractivity contribution is -0.144. The SMILES string of the molecule is CC(C)n1cc(C(C(=O)O)N2CCCCC2)cn1. The van der Waals surface area contributed by atoms with Crippen molar-refractivity contribution in [3.63, 3.8) is 0 Å². The predicted octanol–water partition coefficient (Wildman–Crippen LogP) is 2.08. The van der Waals surface area contributed by atoms with Crippen molar-refractivity contribution in [3.05, 3.63) is 18.0 Å². The van der Waals surface area contributed by atoms with E-state index >= 15 is 0 Å². The number of likely N-dealkylation sites (tertiary alicyclic amines) is 1. The van der Waals surface area contributed by atoms with E-state index in [-0.39, 0.29) is 6.04 Å². The van der Waals surface area contributed by atoms with E-state index in [1.165, 1.54) is 6.42 Å². The van der Waals surface area contributed by atoms with Gasteiger partial charge in [-0.3, -0.25) is 14.4 Å². The molecule has 1 aliphatic heterocycles. The standard InChI is InChI=1S/C13H21N3O2/c1-10(2)16-9-11(8-14-16)12(13(17)18)15-6-4-3-5-7-15/h8-10,12H,3-7H2,1-2H3,(H,17,18). The molecule has 1 atom stereocenters. The Labute approximate surface area is 107 Å². The van der Waals surface area contributed by atoms with Gasteiger partial charge in [-0.25, -0.2) is 0 Å². The number of carboxylic acid groups (broad SMARTS) is 1. The molecule has 5 nitrogen and oxygen atoms in total. The summed E-state index contributed by atoms with van der Waals surface area (Å²) in [5, 5.41) is 13.7. The van der Waals surface area contributed by atoms with Crippen molar-refractivity contribution in [1.29, 1.82) is 0 Å². The van der Waals surface area contributed by atoms with Gasteiger partial charge in [0.15, 0.2) is 0 Å². The molecule has 0 bridgehead atoms. The van der Waals surface area contributed by atoms with Gasteiger partial charge in [0.25, 0.3) is 0 Å². The second-order valence-electron chi connectivity index (χ2n) is 5.18. The molecule has 0 radical (unpaired) electrons. The minimum absolute atomic E-state index is 0.259. The third kappa shape index (κ3) is 2.72.